The first kappa shape index (κ1) is 16.9. The highest BCUT2D eigenvalue weighted by Gasteiger charge is 2.36. The molecule has 3 heteroatoms. The standard InChI is InChI=1S/C16H33NO2/c1-5-7-14(4)11-19-15-8-6-9-16(10-15,12-18)17-13(2)3/h13-15,17-18H,5-12H2,1-4H3. The van der Waals surface area contributed by atoms with Gasteiger partial charge < -0.3 is 15.2 Å². The summed E-state index contributed by atoms with van der Waals surface area (Å²) in [5, 5.41) is 13.3. The Morgan fingerprint density at radius 1 is 1.37 bits per heavy atom. The lowest BCUT2D eigenvalue weighted by molar-refractivity contribution is -0.0296. The fourth-order valence-corrected chi connectivity index (χ4v) is 3.26. The summed E-state index contributed by atoms with van der Waals surface area (Å²) in [5.74, 6) is 0.647. The van der Waals surface area contributed by atoms with E-state index >= 15 is 0 Å². The molecular weight excluding hydrogens is 238 g/mol. The van der Waals surface area contributed by atoms with Crippen LogP contribution in [-0.4, -0.2) is 36.0 Å². The van der Waals surface area contributed by atoms with Gasteiger partial charge in [-0.15, -0.1) is 0 Å². The van der Waals surface area contributed by atoms with E-state index in [4.69, 9.17) is 4.74 Å². The molecule has 0 aromatic carbocycles. The SMILES string of the molecule is CCCC(C)COC1CCCC(CO)(NC(C)C)C1. The van der Waals surface area contributed by atoms with Crippen molar-refractivity contribution in [1.82, 2.24) is 5.32 Å². The van der Waals surface area contributed by atoms with Crippen molar-refractivity contribution in [2.24, 2.45) is 5.92 Å². The summed E-state index contributed by atoms with van der Waals surface area (Å²) >= 11 is 0. The van der Waals surface area contributed by atoms with Crippen LogP contribution >= 0.6 is 0 Å². The molecule has 0 aromatic heterocycles. The van der Waals surface area contributed by atoms with Gasteiger partial charge in [0, 0.05) is 18.2 Å². The maximum absolute atomic E-state index is 9.75. The molecule has 1 aliphatic rings. The van der Waals surface area contributed by atoms with Crippen molar-refractivity contribution < 1.29 is 9.84 Å². The van der Waals surface area contributed by atoms with Crippen LogP contribution in [0.5, 0.6) is 0 Å². The Morgan fingerprint density at radius 2 is 2.11 bits per heavy atom. The normalized spacial score (nSPS) is 29.7. The van der Waals surface area contributed by atoms with Crippen LogP contribution in [-0.2, 0) is 4.74 Å². The van der Waals surface area contributed by atoms with E-state index < -0.39 is 0 Å². The van der Waals surface area contributed by atoms with Gasteiger partial charge in [0.15, 0.2) is 0 Å². The van der Waals surface area contributed by atoms with Gasteiger partial charge >= 0.3 is 0 Å². The minimum Gasteiger partial charge on any atom is -0.394 e. The molecule has 1 rings (SSSR count). The molecule has 0 amide bonds. The Balaban J connectivity index is 2.44. The zero-order valence-corrected chi connectivity index (χ0v) is 13.2. The zero-order valence-electron chi connectivity index (χ0n) is 13.2. The highest BCUT2D eigenvalue weighted by atomic mass is 16.5. The van der Waals surface area contributed by atoms with Crippen molar-refractivity contribution in [3.8, 4) is 0 Å². The number of ether oxygens (including phenoxy) is 1. The summed E-state index contributed by atoms with van der Waals surface area (Å²) in [7, 11) is 0. The largest absolute Gasteiger partial charge is 0.394 e. The summed E-state index contributed by atoms with van der Waals surface area (Å²) in [4.78, 5) is 0. The fourth-order valence-electron chi connectivity index (χ4n) is 3.26. The molecule has 0 radical (unpaired) electrons. The third-order valence-electron chi connectivity index (χ3n) is 4.10. The molecule has 0 spiro atoms. The Morgan fingerprint density at radius 3 is 2.68 bits per heavy atom. The van der Waals surface area contributed by atoms with Crippen LogP contribution in [0.25, 0.3) is 0 Å². The van der Waals surface area contributed by atoms with Gasteiger partial charge in [-0.3, -0.25) is 0 Å². The number of aliphatic hydroxyl groups is 1. The predicted octanol–water partition coefficient (Wildman–Crippen LogP) is 3.11. The van der Waals surface area contributed by atoms with Gasteiger partial charge in [-0.05, 0) is 38.0 Å². The molecule has 1 saturated carbocycles. The van der Waals surface area contributed by atoms with Crippen molar-refractivity contribution >= 4 is 0 Å². The second kappa shape index (κ2) is 8.23. The fraction of sp³-hybridized carbons (Fsp3) is 1.00. The summed E-state index contributed by atoms with van der Waals surface area (Å²) in [6.07, 6.45) is 7.07. The molecule has 0 aromatic rings. The Bertz CT molecular complexity index is 245. The highest BCUT2D eigenvalue weighted by Crippen LogP contribution is 2.30. The Labute approximate surface area is 119 Å². The number of rotatable bonds is 8. The maximum atomic E-state index is 9.75. The molecular formula is C16H33NO2. The average molecular weight is 271 g/mol. The summed E-state index contributed by atoms with van der Waals surface area (Å²) in [6, 6.07) is 0.407. The van der Waals surface area contributed by atoms with E-state index in [2.05, 4.69) is 33.0 Å². The minimum atomic E-state index is -0.120. The lowest BCUT2D eigenvalue weighted by Crippen LogP contribution is -2.55. The first-order valence-corrected chi connectivity index (χ1v) is 8.01. The van der Waals surface area contributed by atoms with Crippen LogP contribution in [0.2, 0.25) is 0 Å². The maximum Gasteiger partial charge on any atom is 0.0614 e. The summed E-state index contributed by atoms with van der Waals surface area (Å²) in [5.41, 5.74) is -0.120. The lowest BCUT2D eigenvalue weighted by Gasteiger charge is -2.42. The Hall–Kier alpha value is -0.120. The molecule has 0 saturated heterocycles. The molecule has 114 valence electrons. The second-order valence-corrected chi connectivity index (χ2v) is 6.68. The van der Waals surface area contributed by atoms with Crippen LogP contribution in [0, 0.1) is 5.92 Å². The van der Waals surface area contributed by atoms with Gasteiger partial charge in [0.05, 0.1) is 12.7 Å². The van der Waals surface area contributed by atoms with Crippen LogP contribution in [0.15, 0.2) is 0 Å². The van der Waals surface area contributed by atoms with Crippen molar-refractivity contribution in [3.63, 3.8) is 0 Å². The Kier molecular flexibility index (Phi) is 7.33. The lowest BCUT2D eigenvalue weighted by atomic mass is 9.80. The van der Waals surface area contributed by atoms with Crippen molar-refractivity contribution in [2.75, 3.05) is 13.2 Å². The summed E-state index contributed by atoms with van der Waals surface area (Å²) < 4.78 is 6.08. The third kappa shape index (κ3) is 5.80. The van der Waals surface area contributed by atoms with Crippen LogP contribution < -0.4 is 5.32 Å². The smallest absolute Gasteiger partial charge is 0.0614 e. The topological polar surface area (TPSA) is 41.5 Å². The molecule has 0 heterocycles. The molecule has 0 bridgehead atoms. The zero-order chi connectivity index (χ0) is 14.3. The van der Waals surface area contributed by atoms with E-state index in [1.807, 2.05) is 0 Å². The molecule has 0 aliphatic heterocycles. The van der Waals surface area contributed by atoms with Gasteiger partial charge in [0.25, 0.3) is 0 Å². The van der Waals surface area contributed by atoms with E-state index in [0.29, 0.717) is 18.1 Å². The van der Waals surface area contributed by atoms with Crippen molar-refractivity contribution in [3.05, 3.63) is 0 Å². The predicted molar refractivity (Wildman–Crippen MR) is 80.4 cm³/mol. The first-order chi connectivity index (χ1) is 9.01. The van der Waals surface area contributed by atoms with Crippen LogP contribution in [0.1, 0.15) is 66.2 Å². The van der Waals surface area contributed by atoms with Crippen LogP contribution in [0.3, 0.4) is 0 Å². The van der Waals surface area contributed by atoms with E-state index in [9.17, 15) is 5.11 Å². The van der Waals surface area contributed by atoms with Gasteiger partial charge in [-0.1, -0.05) is 34.1 Å². The van der Waals surface area contributed by atoms with Gasteiger partial charge in [0.1, 0.15) is 0 Å². The number of hydrogen-bond donors (Lipinski definition) is 2. The minimum absolute atomic E-state index is 0.120. The van der Waals surface area contributed by atoms with E-state index in [0.717, 1.165) is 32.3 Å². The van der Waals surface area contributed by atoms with Crippen molar-refractivity contribution in [2.45, 2.75) is 83.9 Å². The molecule has 2 N–H and O–H groups in total. The number of nitrogens with one attached hydrogen (secondary N) is 1. The first-order valence-electron chi connectivity index (χ1n) is 8.01. The van der Waals surface area contributed by atoms with Gasteiger partial charge in [0.2, 0.25) is 0 Å². The molecule has 3 atom stereocenters. The van der Waals surface area contributed by atoms with Gasteiger partial charge in [-0.2, -0.15) is 0 Å². The summed E-state index contributed by atoms with van der Waals surface area (Å²) in [6.45, 7) is 9.85. The molecule has 3 unspecified atom stereocenters. The van der Waals surface area contributed by atoms with E-state index in [1.165, 1.54) is 12.8 Å². The highest BCUT2D eigenvalue weighted by molar-refractivity contribution is 4.94. The van der Waals surface area contributed by atoms with Crippen molar-refractivity contribution in [1.29, 1.82) is 0 Å². The molecule has 19 heavy (non-hydrogen) atoms. The van der Waals surface area contributed by atoms with E-state index in [1.54, 1.807) is 0 Å². The molecule has 1 aliphatic carbocycles. The van der Waals surface area contributed by atoms with Crippen LogP contribution in [0.4, 0.5) is 0 Å². The third-order valence-corrected chi connectivity index (χ3v) is 4.10. The quantitative estimate of drug-likeness (QED) is 0.713. The molecule has 3 nitrogen and oxygen atoms in total. The monoisotopic (exact) mass is 271 g/mol. The van der Waals surface area contributed by atoms with E-state index in [-0.39, 0.29) is 12.1 Å². The number of hydrogen-bond acceptors (Lipinski definition) is 3. The number of aliphatic hydroxyl groups excluding tert-OH is 1. The second-order valence-electron chi connectivity index (χ2n) is 6.68. The molecule has 1 fully saturated rings. The van der Waals surface area contributed by atoms with Gasteiger partial charge in [-0.25, -0.2) is 0 Å². The average Bonchev–Trinajstić information content (AvgIpc) is 2.36.